The molecule has 0 aliphatic carbocycles. The van der Waals surface area contributed by atoms with Crippen LogP contribution in [0.4, 0.5) is 15.8 Å². The Morgan fingerprint density at radius 3 is 2.68 bits per heavy atom. The highest BCUT2D eigenvalue weighted by atomic mass is 19.1. The molecule has 2 amide bonds. The maximum absolute atomic E-state index is 14.0. The molecule has 8 heteroatoms. The molecule has 2 fully saturated rings. The third-order valence-corrected chi connectivity index (χ3v) is 6.05. The second-order valence-electron chi connectivity index (χ2n) is 8.05. The van der Waals surface area contributed by atoms with Crippen LogP contribution >= 0.6 is 0 Å². The molecule has 0 N–H and O–H groups in total. The molecule has 31 heavy (non-hydrogen) atoms. The molecule has 0 radical (unpaired) electrons. The van der Waals surface area contributed by atoms with E-state index in [2.05, 4.69) is 4.98 Å². The van der Waals surface area contributed by atoms with Gasteiger partial charge in [-0.3, -0.25) is 9.59 Å². The molecule has 2 saturated heterocycles. The zero-order valence-corrected chi connectivity index (χ0v) is 17.3. The Kier molecular flexibility index (Phi) is 4.84. The number of hydrogen-bond donors (Lipinski definition) is 0. The summed E-state index contributed by atoms with van der Waals surface area (Å²) in [6, 6.07) is 12.1. The zero-order valence-electron chi connectivity index (χ0n) is 17.3. The van der Waals surface area contributed by atoms with Crippen molar-refractivity contribution in [2.75, 3.05) is 42.5 Å². The maximum Gasteiger partial charge on any atom is 0.228 e. The highest BCUT2D eigenvalue weighted by Crippen LogP contribution is 2.30. The number of oxazole rings is 1. The summed E-state index contributed by atoms with van der Waals surface area (Å²) in [5.41, 5.74) is 2.66. The van der Waals surface area contributed by atoms with E-state index >= 15 is 0 Å². The van der Waals surface area contributed by atoms with Crippen LogP contribution in [0.15, 0.2) is 46.9 Å². The van der Waals surface area contributed by atoms with Gasteiger partial charge < -0.3 is 19.1 Å². The van der Waals surface area contributed by atoms with Crippen molar-refractivity contribution in [3.05, 3.63) is 54.2 Å². The number of rotatable bonds is 3. The number of benzene rings is 2. The molecule has 0 unspecified atom stereocenters. The Bertz CT molecular complexity index is 1150. The Hall–Kier alpha value is -3.42. The number of piperazine rings is 1. The van der Waals surface area contributed by atoms with Gasteiger partial charge in [0.2, 0.25) is 11.8 Å². The van der Waals surface area contributed by atoms with Gasteiger partial charge in [0.25, 0.3) is 0 Å². The van der Waals surface area contributed by atoms with Crippen LogP contribution in [-0.2, 0) is 9.59 Å². The molecule has 5 rings (SSSR count). The number of aryl methyl sites for hydroxylation is 1. The number of aromatic nitrogens is 1. The average Bonchev–Trinajstić information content (AvgIpc) is 3.34. The van der Waals surface area contributed by atoms with Crippen LogP contribution in [0.1, 0.15) is 12.3 Å². The van der Waals surface area contributed by atoms with Crippen LogP contribution < -0.4 is 9.80 Å². The third kappa shape index (κ3) is 3.62. The first-order chi connectivity index (χ1) is 15.0. The van der Waals surface area contributed by atoms with Crippen LogP contribution in [0.25, 0.3) is 11.1 Å². The second-order valence-corrected chi connectivity index (χ2v) is 8.05. The van der Waals surface area contributed by atoms with Gasteiger partial charge in [0.1, 0.15) is 11.3 Å². The SMILES string of the molecule is Cc1nc2cc(N3C[C@@H](C(=O)N4CCN(c5ccccc5F)CC4)CC3=O)ccc2o1. The molecule has 0 saturated carbocycles. The Balaban J connectivity index is 1.24. The van der Waals surface area contributed by atoms with Gasteiger partial charge in [0.05, 0.1) is 11.6 Å². The van der Waals surface area contributed by atoms with Gasteiger partial charge in [-0.15, -0.1) is 0 Å². The molecule has 3 aromatic rings. The first-order valence-corrected chi connectivity index (χ1v) is 10.5. The van der Waals surface area contributed by atoms with Crippen LogP contribution in [0.5, 0.6) is 0 Å². The summed E-state index contributed by atoms with van der Waals surface area (Å²) in [4.78, 5) is 35.5. The molecular weight excluding hydrogens is 399 g/mol. The van der Waals surface area contributed by atoms with Gasteiger partial charge in [0.15, 0.2) is 11.5 Å². The number of nitrogens with zero attached hydrogens (tertiary/aromatic N) is 4. The molecule has 0 bridgehead atoms. The molecule has 160 valence electrons. The summed E-state index contributed by atoms with van der Waals surface area (Å²) in [7, 11) is 0. The molecule has 7 nitrogen and oxygen atoms in total. The molecule has 0 spiro atoms. The zero-order chi connectivity index (χ0) is 21.5. The van der Waals surface area contributed by atoms with Crippen molar-refractivity contribution >= 4 is 34.3 Å². The highest BCUT2D eigenvalue weighted by Gasteiger charge is 2.38. The summed E-state index contributed by atoms with van der Waals surface area (Å²) >= 11 is 0. The lowest BCUT2D eigenvalue weighted by Gasteiger charge is -2.37. The molecule has 2 aromatic carbocycles. The standard InChI is InChI=1S/C23H23FN4O3/c1-15-25-19-13-17(6-7-21(19)31-15)28-14-16(12-22(28)29)23(30)27-10-8-26(9-11-27)20-5-3-2-4-18(20)24/h2-7,13,16H,8-12,14H2,1H3/t16-/m0/s1. The number of carbonyl (C=O) groups is 2. The van der Waals surface area contributed by atoms with E-state index in [1.165, 1.54) is 6.07 Å². The first kappa shape index (κ1) is 19.5. The Labute approximate surface area is 179 Å². The van der Waals surface area contributed by atoms with Crippen molar-refractivity contribution in [1.29, 1.82) is 0 Å². The predicted octanol–water partition coefficient (Wildman–Crippen LogP) is 2.98. The van der Waals surface area contributed by atoms with Crippen LogP contribution in [0, 0.1) is 18.7 Å². The van der Waals surface area contributed by atoms with Gasteiger partial charge in [-0.25, -0.2) is 9.37 Å². The summed E-state index contributed by atoms with van der Waals surface area (Å²) in [6.07, 6.45) is 0.197. The number of fused-ring (bicyclic) bond motifs is 1. The number of para-hydroxylation sites is 1. The van der Waals surface area contributed by atoms with E-state index in [1.54, 1.807) is 34.9 Å². The van der Waals surface area contributed by atoms with E-state index in [0.29, 0.717) is 55.4 Å². The topological polar surface area (TPSA) is 69.9 Å². The van der Waals surface area contributed by atoms with E-state index in [1.807, 2.05) is 23.1 Å². The number of anilines is 2. The van der Waals surface area contributed by atoms with Crippen LogP contribution in [0.2, 0.25) is 0 Å². The van der Waals surface area contributed by atoms with E-state index in [0.717, 1.165) is 5.69 Å². The molecule has 3 heterocycles. The number of halogens is 1. The lowest BCUT2D eigenvalue weighted by Crippen LogP contribution is -2.51. The van der Waals surface area contributed by atoms with E-state index < -0.39 is 0 Å². The van der Waals surface area contributed by atoms with Crippen molar-refractivity contribution in [1.82, 2.24) is 9.88 Å². The summed E-state index contributed by atoms with van der Waals surface area (Å²) < 4.78 is 19.5. The number of amides is 2. The van der Waals surface area contributed by atoms with Crippen molar-refractivity contribution < 1.29 is 18.4 Å². The molecule has 1 aromatic heterocycles. The van der Waals surface area contributed by atoms with Gasteiger partial charge in [0, 0.05) is 51.8 Å². The monoisotopic (exact) mass is 422 g/mol. The van der Waals surface area contributed by atoms with E-state index in [-0.39, 0.29) is 30.0 Å². The van der Waals surface area contributed by atoms with Crippen molar-refractivity contribution in [3.63, 3.8) is 0 Å². The Morgan fingerprint density at radius 2 is 1.90 bits per heavy atom. The van der Waals surface area contributed by atoms with Crippen molar-refractivity contribution in [3.8, 4) is 0 Å². The molecule has 2 aliphatic heterocycles. The summed E-state index contributed by atoms with van der Waals surface area (Å²) in [6.45, 7) is 4.30. The normalized spacial score (nSPS) is 19.5. The van der Waals surface area contributed by atoms with Gasteiger partial charge >= 0.3 is 0 Å². The van der Waals surface area contributed by atoms with Gasteiger partial charge in [-0.2, -0.15) is 0 Å². The lowest BCUT2D eigenvalue weighted by molar-refractivity contribution is -0.136. The second kappa shape index (κ2) is 7.68. The fraction of sp³-hybridized carbons (Fsp3) is 0.348. The van der Waals surface area contributed by atoms with Crippen LogP contribution in [0.3, 0.4) is 0 Å². The minimum Gasteiger partial charge on any atom is -0.441 e. The van der Waals surface area contributed by atoms with Gasteiger partial charge in [-0.05, 0) is 30.3 Å². The van der Waals surface area contributed by atoms with Crippen molar-refractivity contribution in [2.24, 2.45) is 5.92 Å². The molecule has 1 atom stereocenters. The Morgan fingerprint density at radius 1 is 1.13 bits per heavy atom. The number of carbonyl (C=O) groups excluding carboxylic acids is 2. The quantitative estimate of drug-likeness (QED) is 0.649. The molecular formula is C23H23FN4O3. The smallest absolute Gasteiger partial charge is 0.228 e. The predicted molar refractivity (Wildman–Crippen MR) is 114 cm³/mol. The maximum atomic E-state index is 14.0. The number of hydrogen-bond acceptors (Lipinski definition) is 5. The first-order valence-electron chi connectivity index (χ1n) is 10.5. The fourth-order valence-electron chi connectivity index (χ4n) is 4.46. The molecule has 2 aliphatic rings. The highest BCUT2D eigenvalue weighted by molar-refractivity contribution is 6.01. The minimum absolute atomic E-state index is 0.0117. The van der Waals surface area contributed by atoms with Crippen LogP contribution in [-0.4, -0.2) is 54.4 Å². The summed E-state index contributed by atoms with van der Waals surface area (Å²) in [5, 5.41) is 0. The van der Waals surface area contributed by atoms with E-state index in [9.17, 15) is 14.0 Å². The third-order valence-electron chi connectivity index (χ3n) is 6.05. The van der Waals surface area contributed by atoms with E-state index in [4.69, 9.17) is 4.42 Å². The van der Waals surface area contributed by atoms with Crippen molar-refractivity contribution in [2.45, 2.75) is 13.3 Å². The minimum atomic E-state index is -0.373. The van der Waals surface area contributed by atoms with Gasteiger partial charge in [-0.1, -0.05) is 12.1 Å². The lowest BCUT2D eigenvalue weighted by atomic mass is 10.1. The largest absolute Gasteiger partial charge is 0.441 e. The average molecular weight is 422 g/mol. The summed E-state index contributed by atoms with van der Waals surface area (Å²) in [5.74, 6) is -0.131. The fourth-order valence-corrected chi connectivity index (χ4v) is 4.46.